The van der Waals surface area contributed by atoms with Crippen molar-refractivity contribution in [2.24, 2.45) is 0 Å². The fraction of sp³-hybridized carbons (Fsp3) is 0.300. The smallest absolute Gasteiger partial charge is 0.262 e. The van der Waals surface area contributed by atoms with Crippen molar-refractivity contribution in [3.63, 3.8) is 0 Å². The van der Waals surface area contributed by atoms with E-state index in [0.717, 1.165) is 37.6 Å². The van der Waals surface area contributed by atoms with Gasteiger partial charge in [0.2, 0.25) is 0 Å². The van der Waals surface area contributed by atoms with Gasteiger partial charge in [0.25, 0.3) is 10.0 Å². The Balaban J connectivity index is 1.75. The minimum atomic E-state index is -4.12. The largest absolute Gasteiger partial charge is 0.311 e. The number of nitrogens with one attached hydrogen (secondary N) is 1. The lowest BCUT2D eigenvalue weighted by molar-refractivity contribution is 0.581. The van der Waals surface area contributed by atoms with Crippen LogP contribution in [0.15, 0.2) is 35.2 Å². The van der Waals surface area contributed by atoms with E-state index in [1.165, 1.54) is 18.2 Å². The lowest BCUT2D eigenvalue weighted by atomic mass is 10.1. The first-order chi connectivity index (χ1) is 14.3. The monoisotopic (exact) mass is 452 g/mol. The number of sulfonamides is 1. The number of hydrogen-bond acceptors (Lipinski definition) is 4. The van der Waals surface area contributed by atoms with Crippen molar-refractivity contribution in [1.29, 1.82) is 0 Å². The molecule has 0 bridgehead atoms. The molecule has 3 aromatic rings. The number of aryl methyl sites for hydroxylation is 2. The van der Waals surface area contributed by atoms with Gasteiger partial charge in [-0.3, -0.25) is 4.72 Å². The van der Waals surface area contributed by atoms with Crippen LogP contribution in [-0.2, 0) is 23.0 Å². The molecule has 0 amide bonds. The Hall–Kier alpha value is -2.52. The summed E-state index contributed by atoms with van der Waals surface area (Å²) in [4.78, 5) is -0.0477. The van der Waals surface area contributed by atoms with Crippen LogP contribution in [0, 0.1) is 18.6 Å². The van der Waals surface area contributed by atoms with E-state index in [1.807, 2.05) is 4.57 Å². The van der Waals surface area contributed by atoms with Crippen LogP contribution in [0.4, 0.5) is 14.5 Å². The summed E-state index contributed by atoms with van der Waals surface area (Å²) in [7, 11) is -4.12. The molecule has 0 aliphatic carbocycles. The molecule has 0 unspecified atom stereocenters. The fourth-order valence-corrected chi connectivity index (χ4v) is 5.11. The van der Waals surface area contributed by atoms with Crippen LogP contribution in [-0.4, -0.2) is 23.2 Å². The molecule has 158 valence electrons. The molecule has 30 heavy (non-hydrogen) atoms. The highest BCUT2D eigenvalue weighted by Crippen LogP contribution is 2.31. The molecule has 0 radical (unpaired) electrons. The zero-order chi connectivity index (χ0) is 21.5. The van der Waals surface area contributed by atoms with Crippen molar-refractivity contribution >= 4 is 27.3 Å². The summed E-state index contributed by atoms with van der Waals surface area (Å²) in [6.45, 7) is 2.21. The lowest BCUT2D eigenvalue weighted by Crippen LogP contribution is -2.15. The van der Waals surface area contributed by atoms with Gasteiger partial charge in [-0.25, -0.2) is 17.2 Å². The van der Waals surface area contributed by atoms with E-state index < -0.39 is 21.7 Å². The van der Waals surface area contributed by atoms with E-state index in [0.29, 0.717) is 23.2 Å². The number of aromatic nitrogens is 3. The van der Waals surface area contributed by atoms with Crippen LogP contribution in [0.25, 0.3) is 11.4 Å². The maximum absolute atomic E-state index is 14.6. The Bertz CT molecular complexity index is 1230. The number of benzene rings is 2. The summed E-state index contributed by atoms with van der Waals surface area (Å²) >= 11 is 5.89. The average Bonchev–Trinajstić information content (AvgIpc) is 2.91. The predicted molar refractivity (Wildman–Crippen MR) is 110 cm³/mol. The van der Waals surface area contributed by atoms with Gasteiger partial charge in [-0.2, -0.15) is 0 Å². The van der Waals surface area contributed by atoms with Crippen molar-refractivity contribution in [3.05, 3.63) is 58.4 Å². The van der Waals surface area contributed by atoms with Crippen LogP contribution < -0.4 is 4.72 Å². The molecule has 2 heterocycles. The predicted octanol–water partition coefficient (Wildman–Crippen LogP) is 4.71. The second-order valence-corrected chi connectivity index (χ2v) is 9.32. The van der Waals surface area contributed by atoms with E-state index in [1.54, 1.807) is 6.92 Å². The highest BCUT2D eigenvalue weighted by Gasteiger charge is 2.23. The third-order valence-corrected chi connectivity index (χ3v) is 6.84. The average molecular weight is 453 g/mol. The van der Waals surface area contributed by atoms with Gasteiger partial charge < -0.3 is 4.57 Å². The molecule has 1 aromatic heterocycles. The van der Waals surface area contributed by atoms with Crippen LogP contribution in [0.1, 0.15) is 30.7 Å². The van der Waals surface area contributed by atoms with Gasteiger partial charge in [0, 0.05) is 24.1 Å². The molecule has 0 saturated carbocycles. The Kier molecular flexibility index (Phi) is 5.50. The topological polar surface area (TPSA) is 76.9 Å². The van der Waals surface area contributed by atoms with E-state index in [9.17, 15) is 17.2 Å². The molecule has 1 aliphatic heterocycles. The molecule has 0 atom stereocenters. The maximum Gasteiger partial charge on any atom is 0.262 e. The zero-order valence-electron chi connectivity index (χ0n) is 16.1. The molecule has 1 aliphatic rings. The van der Waals surface area contributed by atoms with Gasteiger partial charge in [0.15, 0.2) is 5.82 Å². The maximum atomic E-state index is 14.6. The summed E-state index contributed by atoms with van der Waals surface area (Å²) in [5, 5.41) is 8.59. The molecule has 0 saturated heterocycles. The lowest BCUT2D eigenvalue weighted by Gasteiger charge is -2.13. The molecule has 0 spiro atoms. The third kappa shape index (κ3) is 3.91. The van der Waals surface area contributed by atoms with Gasteiger partial charge in [0.05, 0.1) is 16.1 Å². The number of fused-ring (bicyclic) bond motifs is 1. The number of halogens is 3. The third-order valence-electron chi connectivity index (χ3n) is 5.08. The minimum absolute atomic E-state index is 0.0115. The van der Waals surface area contributed by atoms with Crippen molar-refractivity contribution in [2.45, 2.75) is 44.0 Å². The Labute approximate surface area is 178 Å². The van der Waals surface area contributed by atoms with Crippen molar-refractivity contribution in [2.75, 3.05) is 4.72 Å². The SMILES string of the molecule is Cc1cc(Cl)ccc1S(=O)(=O)Nc1cc(-c2nnc3n2CCCCC3)c(F)cc1F. The quantitative estimate of drug-likeness (QED) is 0.621. The first-order valence-electron chi connectivity index (χ1n) is 9.47. The number of nitrogens with zero attached hydrogens (tertiary/aromatic N) is 3. The minimum Gasteiger partial charge on any atom is -0.311 e. The standard InChI is InChI=1S/C20H19ClF2N4O2S/c1-12-9-13(21)6-7-18(12)30(28,29)26-17-10-14(15(22)11-16(17)23)20-25-24-19-5-3-2-4-8-27(19)20/h6-7,9-11,26H,2-5,8H2,1H3. The second kappa shape index (κ2) is 7.96. The number of anilines is 1. The summed E-state index contributed by atoms with van der Waals surface area (Å²) in [6, 6.07) is 6.03. The summed E-state index contributed by atoms with van der Waals surface area (Å²) < 4.78 is 58.7. The first-order valence-corrected chi connectivity index (χ1v) is 11.3. The van der Waals surface area contributed by atoms with E-state index in [2.05, 4.69) is 14.9 Å². The van der Waals surface area contributed by atoms with Crippen LogP contribution >= 0.6 is 11.6 Å². The summed E-state index contributed by atoms with van der Waals surface area (Å²) in [6.07, 6.45) is 3.62. The van der Waals surface area contributed by atoms with E-state index in [-0.39, 0.29) is 22.0 Å². The Morgan fingerprint density at radius 1 is 1.07 bits per heavy atom. The van der Waals surface area contributed by atoms with Gasteiger partial charge in [-0.05, 0) is 49.6 Å². The van der Waals surface area contributed by atoms with Crippen LogP contribution in [0.5, 0.6) is 0 Å². The zero-order valence-corrected chi connectivity index (χ0v) is 17.7. The summed E-state index contributed by atoms with van der Waals surface area (Å²) in [5.41, 5.74) is 0.0230. The Morgan fingerprint density at radius 3 is 2.63 bits per heavy atom. The molecule has 4 rings (SSSR count). The first kappa shape index (κ1) is 20.7. The molecule has 2 aromatic carbocycles. The molecular weight excluding hydrogens is 434 g/mol. The second-order valence-electron chi connectivity index (χ2n) is 7.23. The highest BCUT2D eigenvalue weighted by molar-refractivity contribution is 7.92. The Morgan fingerprint density at radius 2 is 1.87 bits per heavy atom. The summed E-state index contributed by atoms with van der Waals surface area (Å²) in [5.74, 6) is -0.864. The number of hydrogen-bond donors (Lipinski definition) is 1. The molecular formula is C20H19ClF2N4O2S. The van der Waals surface area contributed by atoms with Gasteiger partial charge in [0.1, 0.15) is 17.5 Å². The van der Waals surface area contributed by atoms with Crippen LogP contribution in [0.2, 0.25) is 5.02 Å². The van der Waals surface area contributed by atoms with Crippen LogP contribution in [0.3, 0.4) is 0 Å². The molecule has 10 heteroatoms. The van der Waals surface area contributed by atoms with Crippen molar-refractivity contribution in [3.8, 4) is 11.4 Å². The number of rotatable bonds is 4. The van der Waals surface area contributed by atoms with E-state index >= 15 is 0 Å². The van der Waals surface area contributed by atoms with Gasteiger partial charge in [-0.1, -0.05) is 18.0 Å². The fourth-order valence-electron chi connectivity index (χ4n) is 3.60. The van der Waals surface area contributed by atoms with Gasteiger partial charge >= 0.3 is 0 Å². The molecule has 6 nitrogen and oxygen atoms in total. The van der Waals surface area contributed by atoms with Crippen molar-refractivity contribution < 1.29 is 17.2 Å². The van der Waals surface area contributed by atoms with Gasteiger partial charge in [-0.15, -0.1) is 10.2 Å². The normalized spacial score (nSPS) is 14.3. The highest BCUT2D eigenvalue weighted by atomic mass is 35.5. The van der Waals surface area contributed by atoms with E-state index in [4.69, 9.17) is 11.6 Å². The van der Waals surface area contributed by atoms with Crippen molar-refractivity contribution in [1.82, 2.24) is 14.8 Å². The molecule has 1 N–H and O–H groups in total. The molecule has 0 fully saturated rings.